The molecule has 8 heteroatoms. The molecule has 0 aliphatic heterocycles. The van der Waals surface area contributed by atoms with Crippen molar-refractivity contribution in [2.45, 2.75) is 6.48 Å². The Hall–Kier alpha value is -0.0100. The number of methoxy groups -OCH3 is 1. The number of aliphatic hydroxyl groups is 1. The first-order valence-corrected chi connectivity index (χ1v) is 5.23. The van der Waals surface area contributed by atoms with Gasteiger partial charge in [-0.2, -0.15) is 0 Å². The standard InChI is InChI=1S/C6H15O7P/c1-9-6(12-5-4-7)13-14(8,10-2)11-3/h6-7H,4-5H2,1-3H3. The third kappa shape index (κ3) is 5.02. The van der Waals surface area contributed by atoms with Crippen LogP contribution in [0, 0.1) is 0 Å². The SMILES string of the molecule is COC(OCCO)OP(=O)(OC)OC. The van der Waals surface area contributed by atoms with Crippen molar-refractivity contribution >= 4 is 7.82 Å². The van der Waals surface area contributed by atoms with Crippen LogP contribution in [0.4, 0.5) is 0 Å². The average Bonchev–Trinajstić information content (AvgIpc) is 2.23. The number of hydrogen-bond donors (Lipinski definition) is 1. The predicted octanol–water partition coefficient (Wildman–Crippen LogP) is 0.343. The van der Waals surface area contributed by atoms with Crippen LogP contribution >= 0.6 is 7.82 Å². The molecule has 0 aliphatic rings. The summed E-state index contributed by atoms with van der Waals surface area (Å²) < 4.78 is 34.6. The summed E-state index contributed by atoms with van der Waals surface area (Å²) in [5.41, 5.74) is 0. The fraction of sp³-hybridized carbons (Fsp3) is 1.00. The maximum absolute atomic E-state index is 11.4. The molecule has 0 heterocycles. The zero-order valence-electron chi connectivity index (χ0n) is 8.34. The van der Waals surface area contributed by atoms with E-state index in [9.17, 15) is 4.57 Å². The van der Waals surface area contributed by atoms with Crippen LogP contribution in [0.15, 0.2) is 0 Å². The molecule has 7 nitrogen and oxygen atoms in total. The van der Waals surface area contributed by atoms with Gasteiger partial charge in [-0.15, -0.1) is 0 Å². The maximum atomic E-state index is 11.4. The monoisotopic (exact) mass is 230 g/mol. The highest BCUT2D eigenvalue weighted by atomic mass is 31.2. The van der Waals surface area contributed by atoms with E-state index < -0.39 is 14.3 Å². The van der Waals surface area contributed by atoms with Gasteiger partial charge >= 0.3 is 7.82 Å². The summed E-state index contributed by atoms with van der Waals surface area (Å²) in [6, 6.07) is 0. The number of phosphoric ester groups is 1. The van der Waals surface area contributed by atoms with Gasteiger partial charge in [0.05, 0.1) is 13.2 Å². The summed E-state index contributed by atoms with van der Waals surface area (Å²) in [7, 11) is 0.00313. The lowest BCUT2D eigenvalue weighted by Gasteiger charge is -2.19. The Balaban J connectivity index is 4.08. The van der Waals surface area contributed by atoms with Crippen LogP contribution in [0.25, 0.3) is 0 Å². The summed E-state index contributed by atoms with van der Waals surface area (Å²) in [5.74, 6) is 0. The minimum Gasteiger partial charge on any atom is -0.394 e. The van der Waals surface area contributed by atoms with Gasteiger partial charge in [0.25, 0.3) is 6.48 Å². The lowest BCUT2D eigenvalue weighted by molar-refractivity contribution is -0.243. The Bertz CT molecular complexity index is 177. The highest BCUT2D eigenvalue weighted by molar-refractivity contribution is 7.48. The van der Waals surface area contributed by atoms with Crippen molar-refractivity contribution in [2.24, 2.45) is 0 Å². The number of hydrogen-bond acceptors (Lipinski definition) is 7. The van der Waals surface area contributed by atoms with E-state index in [1.807, 2.05) is 0 Å². The molecule has 1 unspecified atom stereocenters. The Labute approximate surface area is 82.5 Å². The highest BCUT2D eigenvalue weighted by Crippen LogP contribution is 2.48. The first kappa shape index (κ1) is 14.0. The highest BCUT2D eigenvalue weighted by Gasteiger charge is 2.28. The Morgan fingerprint density at radius 1 is 1.29 bits per heavy atom. The lowest BCUT2D eigenvalue weighted by Crippen LogP contribution is -2.20. The molecule has 0 saturated carbocycles. The fourth-order valence-electron chi connectivity index (χ4n) is 0.556. The first-order chi connectivity index (χ1) is 6.61. The fourth-order valence-corrected chi connectivity index (χ4v) is 1.24. The number of aliphatic hydroxyl groups excluding tert-OH is 1. The summed E-state index contributed by atoms with van der Waals surface area (Å²) >= 11 is 0. The Kier molecular flexibility index (Phi) is 7.30. The molecule has 1 atom stereocenters. The summed E-state index contributed by atoms with van der Waals surface area (Å²) in [6.45, 7) is -1.41. The molecule has 1 N–H and O–H groups in total. The molecule has 0 amide bonds. The molecular formula is C6H15O7P. The minimum atomic E-state index is -3.63. The average molecular weight is 230 g/mol. The molecule has 0 bridgehead atoms. The Morgan fingerprint density at radius 3 is 2.21 bits per heavy atom. The zero-order valence-corrected chi connectivity index (χ0v) is 9.23. The van der Waals surface area contributed by atoms with E-state index in [4.69, 9.17) is 14.4 Å². The zero-order chi connectivity index (χ0) is 11.0. The van der Waals surface area contributed by atoms with Crippen LogP contribution in [-0.4, -0.2) is 46.1 Å². The van der Waals surface area contributed by atoms with E-state index in [0.29, 0.717) is 0 Å². The van der Waals surface area contributed by atoms with Crippen molar-refractivity contribution < 1.29 is 32.7 Å². The van der Waals surface area contributed by atoms with Gasteiger partial charge in [-0.1, -0.05) is 0 Å². The van der Waals surface area contributed by atoms with Gasteiger partial charge in [0.1, 0.15) is 0 Å². The molecule has 0 aromatic rings. The van der Waals surface area contributed by atoms with Crippen LogP contribution in [0.2, 0.25) is 0 Å². The number of phosphoric acid groups is 1. The largest absolute Gasteiger partial charge is 0.478 e. The second-order valence-corrected chi connectivity index (χ2v) is 3.87. The number of rotatable bonds is 8. The molecule has 14 heavy (non-hydrogen) atoms. The predicted molar refractivity (Wildman–Crippen MR) is 46.5 cm³/mol. The first-order valence-electron chi connectivity index (χ1n) is 3.77. The normalized spacial score (nSPS) is 14.3. The van der Waals surface area contributed by atoms with E-state index in [0.717, 1.165) is 0 Å². The van der Waals surface area contributed by atoms with Gasteiger partial charge in [0.15, 0.2) is 0 Å². The summed E-state index contributed by atoms with van der Waals surface area (Å²) in [5, 5.41) is 8.46. The van der Waals surface area contributed by atoms with E-state index in [2.05, 4.69) is 13.8 Å². The molecule has 86 valence electrons. The third-order valence-electron chi connectivity index (χ3n) is 1.20. The number of ether oxygens (including phenoxy) is 2. The summed E-state index contributed by atoms with van der Waals surface area (Å²) in [6.07, 6.45) is 0. The van der Waals surface area contributed by atoms with Crippen molar-refractivity contribution in [2.75, 3.05) is 34.5 Å². The second-order valence-electron chi connectivity index (χ2n) is 2.04. The van der Waals surface area contributed by atoms with Crippen molar-refractivity contribution in [3.63, 3.8) is 0 Å². The van der Waals surface area contributed by atoms with Gasteiger partial charge in [0, 0.05) is 21.3 Å². The van der Waals surface area contributed by atoms with Crippen LogP contribution in [-0.2, 0) is 27.6 Å². The topological polar surface area (TPSA) is 83.5 Å². The van der Waals surface area contributed by atoms with Crippen molar-refractivity contribution in [3.8, 4) is 0 Å². The van der Waals surface area contributed by atoms with Crippen LogP contribution < -0.4 is 0 Å². The second kappa shape index (κ2) is 7.30. The maximum Gasteiger partial charge on any atom is 0.478 e. The van der Waals surface area contributed by atoms with E-state index in [1.54, 1.807) is 0 Å². The minimum absolute atomic E-state index is 0.00800. The van der Waals surface area contributed by atoms with Crippen molar-refractivity contribution in [1.82, 2.24) is 0 Å². The molecular weight excluding hydrogens is 215 g/mol. The molecule has 0 fully saturated rings. The van der Waals surface area contributed by atoms with Crippen LogP contribution in [0.1, 0.15) is 0 Å². The van der Waals surface area contributed by atoms with Gasteiger partial charge < -0.3 is 14.6 Å². The molecule has 0 rings (SSSR count). The van der Waals surface area contributed by atoms with Crippen molar-refractivity contribution in [3.05, 3.63) is 0 Å². The van der Waals surface area contributed by atoms with E-state index >= 15 is 0 Å². The third-order valence-corrected chi connectivity index (χ3v) is 2.52. The van der Waals surface area contributed by atoms with E-state index in [1.165, 1.54) is 21.3 Å². The quantitative estimate of drug-likeness (QED) is 0.475. The molecule has 0 aromatic heterocycles. The molecule has 0 aliphatic carbocycles. The van der Waals surface area contributed by atoms with Gasteiger partial charge in [-0.25, -0.2) is 9.09 Å². The van der Waals surface area contributed by atoms with Crippen LogP contribution in [0.5, 0.6) is 0 Å². The van der Waals surface area contributed by atoms with Gasteiger partial charge in [-0.3, -0.25) is 9.05 Å². The van der Waals surface area contributed by atoms with Crippen LogP contribution in [0.3, 0.4) is 0 Å². The molecule has 0 radical (unpaired) electrons. The van der Waals surface area contributed by atoms with Gasteiger partial charge in [-0.05, 0) is 0 Å². The lowest BCUT2D eigenvalue weighted by atomic mass is 10.8. The van der Waals surface area contributed by atoms with Crippen molar-refractivity contribution in [1.29, 1.82) is 0 Å². The van der Waals surface area contributed by atoms with E-state index in [-0.39, 0.29) is 13.2 Å². The molecule has 0 saturated heterocycles. The Morgan fingerprint density at radius 2 is 1.86 bits per heavy atom. The smallest absolute Gasteiger partial charge is 0.394 e. The molecule has 0 spiro atoms. The van der Waals surface area contributed by atoms with Gasteiger partial charge in [0.2, 0.25) is 0 Å². The summed E-state index contributed by atoms with van der Waals surface area (Å²) in [4.78, 5) is 0. The molecule has 0 aromatic carbocycles.